The van der Waals surface area contributed by atoms with Crippen molar-refractivity contribution in [2.45, 2.75) is 38.0 Å². The van der Waals surface area contributed by atoms with Gasteiger partial charge < -0.3 is 24.8 Å². The largest absolute Gasteiger partial charge is 0.573 e. The third-order valence-corrected chi connectivity index (χ3v) is 4.88. The lowest BCUT2D eigenvalue weighted by Gasteiger charge is -2.42. The second kappa shape index (κ2) is 6.92. The molecule has 1 aromatic rings. The van der Waals surface area contributed by atoms with E-state index in [2.05, 4.69) is 18.8 Å². The van der Waals surface area contributed by atoms with Gasteiger partial charge in [0.15, 0.2) is 11.7 Å². The van der Waals surface area contributed by atoms with Gasteiger partial charge in [0.05, 0.1) is 6.04 Å². The molecule has 0 amide bonds. The molecule has 8 nitrogen and oxygen atoms in total. The van der Waals surface area contributed by atoms with Crippen LogP contribution < -0.4 is 14.8 Å². The summed E-state index contributed by atoms with van der Waals surface area (Å²) in [5.74, 6) is 0.273. The molecule has 154 valence electrons. The SMILES string of the molecule is CN(C)C1=NS(=O)N=C1N[C@@H]1c2cc(OC(F)(F)F)ccc2OC(C)(C)[C@H]1O. The van der Waals surface area contributed by atoms with Crippen LogP contribution in [0.3, 0.4) is 0 Å². The van der Waals surface area contributed by atoms with Crippen LogP contribution in [-0.2, 0) is 11.2 Å². The van der Waals surface area contributed by atoms with Gasteiger partial charge >= 0.3 is 6.36 Å². The Balaban J connectivity index is 2.00. The molecule has 2 N–H and O–H groups in total. The van der Waals surface area contributed by atoms with E-state index in [4.69, 9.17) is 4.74 Å². The number of aliphatic hydroxyl groups is 1. The number of rotatable bonds is 2. The maximum absolute atomic E-state index is 12.6. The van der Waals surface area contributed by atoms with Crippen molar-refractivity contribution < 1.29 is 32.0 Å². The molecule has 0 radical (unpaired) electrons. The van der Waals surface area contributed by atoms with Gasteiger partial charge in [0.2, 0.25) is 0 Å². The van der Waals surface area contributed by atoms with E-state index in [-0.39, 0.29) is 17.1 Å². The molecule has 12 heteroatoms. The number of ether oxygens (including phenoxy) is 2. The number of alkyl halides is 3. The fourth-order valence-electron chi connectivity index (χ4n) is 2.92. The smallest absolute Gasteiger partial charge is 0.485 e. The number of hydrogen-bond acceptors (Lipinski definition) is 6. The Kier molecular flexibility index (Phi) is 5.04. The third-order valence-electron chi connectivity index (χ3n) is 4.21. The number of nitrogens with zero attached hydrogens (tertiary/aromatic N) is 3. The van der Waals surface area contributed by atoms with Gasteiger partial charge in [-0.15, -0.1) is 22.0 Å². The number of fused-ring (bicyclic) bond motifs is 1. The zero-order chi connectivity index (χ0) is 20.9. The number of aliphatic hydroxyl groups excluding tert-OH is 1. The van der Waals surface area contributed by atoms with Gasteiger partial charge in [0.25, 0.3) is 11.2 Å². The van der Waals surface area contributed by atoms with E-state index in [1.807, 2.05) is 0 Å². The molecular formula is C16H19F3N4O4S. The summed E-state index contributed by atoms with van der Waals surface area (Å²) in [6.07, 6.45) is -6.02. The molecule has 0 saturated heterocycles. The molecule has 1 aromatic carbocycles. The Labute approximate surface area is 161 Å². The topological polar surface area (TPSA) is 95.8 Å². The summed E-state index contributed by atoms with van der Waals surface area (Å²) in [7, 11) is 3.35. The second-order valence-corrected chi connectivity index (χ2v) is 7.83. The Hall–Kier alpha value is -2.34. The number of benzene rings is 1. The van der Waals surface area contributed by atoms with E-state index < -0.39 is 41.0 Å². The van der Waals surface area contributed by atoms with Crippen molar-refractivity contribution in [2.75, 3.05) is 14.1 Å². The molecule has 28 heavy (non-hydrogen) atoms. The number of hydrogen-bond donors (Lipinski definition) is 2. The Morgan fingerprint density at radius 3 is 2.61 bits per heavy atom. The van der Waals surface area contributed by atoms with Gasteiger partial charge in [-0.3, -0.25) is 0 Å². The normalized spacial score (nSPS) is 25.9. The Morgan fingerprint density at radius 2 is 2.00 bits per heavy atom. The minimum Gasteiger partial charge on any atom is -0.485 e. The van der Waals surface area contributed by atoms with Gasteiger partial charge in [0.1, 0.15) is 23.2 Å². The molecule has 2 heterocycles. The third kappa shape index (κ3) is 4.07. The van der Waals surface area contributed by atoms with Crippen molar-refractivity contribution >= 4 is 22.8 Å². The summed E-state index contributed by atoms with van der Waals surface area (Å²) in [5.41, 5.74) is -0.808. The summed E-state index contributed by atoms with van der Waals surface area (Å²) in [5, 5.41) is 13.7. The molecule has 3 atom stereocenters. The summed E-state index contributed by atoms with van der Waals surface area (Å²) in [6.45, 7) is 3.29. The van der Waals surface area contributed by atoms with E-state index in [1.54, 1.807) is 32.8 Å². The number of halogens is 3. The van der Waals surface area contributed by atoms with Gasteiger partial charge in [-0.05, 0) is 32.0 Å². The summed E-state index contributed by atoms with van der Waals surface area (Å²) in [4.78, 5) is 1.58. The summed E-state index contributed by atoms with van der Waals surface area (Å²) < 4.78 is 67.0. The first-order valence-corrected chi connectivity index (χ1v) is 9.24. The van der Waals surface area contributed by atoms with Crippen molar-refractivity contribution in [3.63, 3.8) is 0 Å². The molecule has 2 aliphatic heterocycles. The van der Waals surface area contributed by atoms with E-state index >= 15 is 0 Å². The highest BCUT2D eigenvalue weighted by Crippen LogP contribution is 2.42. The molecule has 0 bridgehead atoms. The average Bonchev–Trinajstić information content (AvgIpc) is 2.92. The lowest BCUT2D eigenvalue weighted by molar-refractivity contribution is -0.274. The quantitative estimate of drug-likeness (QED) is 0.756. The van der Waals surface area contributed by atoms with E-state index in [9.17, 15) is 22.5 Å². The highest BCUT2D eigenvalue weighted by Gasteiger charge is 2.44. The fourth-order valence-corrected chi connectivity index (χ4v) is 3.65. The molecule has 0 saturated carbocycles. The highest BCUT2D eigenvalue weighted by atomic mass is 32.2. The minimum absolute atomic E-state index is 0.151. The van der Waals surface area contributed by atoms with Crippen molar-refractivity contribution in [1.29, 1.82) is 0 Å². The maximum Gasteiger partial charge on any atom is 0.573 e. The van der Waals surface area contributed by atoms with Crippen LogP contribution in [0.5, 0.6) is 11.5 Å². The predicted octanol–water partition coefficient (Wildman–Crippen LogP) is 1.70. The number of amidine groups is 2. The zero-order valence-corrected chi connectivity index (χ0v) is 16.3. The molecule has 0 spiro atoms. The van der Waals surface area contributed by atoms with Crippen LogP contribution in [0, 0.1) is 0 Å². The fraction of sp³-hybridized carbons (Fsp3) is 0.500. The van der Waals surface area contributed by atoms with Gasteiger partial charge in [-0.1, -0.05) is 0 Å². The van der Waals surface area contributed by atoms with Crippen LogP contribution in [0.1, 0.15) is 25.5 Å². The highest BCUT2D eigenvalue weighted by molar-refractivity contribution is 7.83. The first-order valence-electron chi connectivity index (χ1n) is 8.18. The van der Waals surface area contributed by atoms with E-state index in [0.717, 1.165) is 12.1 Å². The van der Waals surface area contributed by atoms with E-state index in [0.29, 0.717) is 5.84 Å². The predicted molar refractivity (Wildman–Crippen MR) is 96.4 cm³/mol. The number of likely N-dealkylation sites (N-methyl/N-ethyl adjacent to an activating group) is 1. The van der Waals surface area contributed by atoms with Crippen LogP contribution in [0.4, 0.5) is 13.2 Å². The van der Waals surface area contributed by atoms with Crippen LogP contribution in [0.15, 0.2) is 27.0 Å². The monoisotopic (exact) mass is 420 g/mol. The molecular weight excluding hydrogens is 401 g/mol. The van der Waals surface area contributed by atoms with E-state index in [1.165, 1.54) is 6.07 Å². The number of nitrogens with one attached hydrogen (secondary N) is 1. The van der Waals surface area contributed by atoms with Crippen molar-refractivity contribution in [2.24, 2.45) is 8.80 Å². The van der Waals surface area contributed by atoms with Crippen LogP contribution >= 0.6 is 0 Å². The molecule has 0 aromatic heterocycles. The van der Waals surface area contributed by atoms with Gasteiger partial charge in [-0.25, -0.2) is 4.21 Å². The van der Waals surface area contributed by atoms with Crippen LogP contribution in [0.2, 0.25) is 0 Å². The first kappa shape index (κ1) is 20.4. The molecule has 2 aliphatic rings. The van der Waals surface area contributed by atoms with Crippen molar-refractivity contribution in [3.8, 4) is 11.5 Å². The molecule has 0 aliphatic carbocycles. The standard InChI is InChI=1S/C16H19F3N4O4S/c1-15(2)12(24)11(20-13-14(23(3)4)22-28(25)21-13)9-7-8(26-16(17,18)19)5-6-10(9)27-15/h5-7,11-12,24H,1-4H3,(H,20,21)/t11-,12+,28?/m1/s1. The Morgan fingerprint density at radius 1 is 1.32 bits per heavy atom. The summed E-state index contributed by atoms with van der Waals surface area (Å²) >= 11 is -1.83. The van der Waals surface area contributed by atoms with Gasteiger partial charge in [-0.2, -0.15) is 0 Å². The van der Waals surface area contributed by atoms with Crippen LogP contribution in [-0.4, -0.2) is 58.0 Å². The minimum atomic E-state index is -4.86. The van der Waals surface area contributed by atoms with Crippen LogP contribution in [0.25, 0.3) is 0 Å². The lowest BCUT2D eigenvalue weighted by atomic mass is 9.86. The second-order valence-electron chi connectivity index (χ2n) is 7.00. The zero-order valence-electron chi connectivity index (χ0n) is 15.4. The van der Waals surface area contributed by atoms with Gasteiger partial charge in [0, 0.05) is 19.7 Å². The first-order chi connectivity index (χ1) is 12.9. The maximum atomic E-state index is 12.6. The molecule has 3 rings (SSSR count). The Bertz CT molecular complexity index is 870. The molecule has 0 fully saturated rings. The van der Waals surface area contributed by atoms with Crippen molar-refractivity contribution in [3.05, 3.63) is 23.8 Å². The lowest BCUT2D eigenvalue weighted by Crippen LogP contribution is -2.54. The van der Waals surface area contributed by atoms with Crippen molar-refractivity contribution in [1.82, 2.24) is 10.2 Å². The summed E-state index contributed by atoms with van der Waals surface area (Å²) in [6, 6.07) is 2.70. The molecule has 1 unspecified atom stereocenters. The average molecular weight is 420 g/mol.